The molecule has 0 bridgehead atoms. The SMILES string of the molecule is CC(=O)N1CCN(Cc2ccc(C(=O)N3CCC(N4C(=O)OCc5ccccc54)CC3)cc2)CC1. The Labute approximate surface area is 206 Å². The van der Waals surface area contributed by atoms with Crippen LogP contribution in [-0.2, 0) is 22.7 Å². The quantitative estimate of drug-likeness (QED) is 0.678. The fourth-order valence-corrected chi connectivity index (χ4v) is 5.26. The van der Waals surface area contributed by atoms with Gasteiger partial charge in [-0.25, -0.2) is 4.79 Å². The number of fused-ring (bicyclic) bond motifs is 1. The van der Waals surface area contributed by atoms with Crippen LogP contribution in [-0.4, -0.2) is 77.9 Å². The number of piperazine rings is 1. The number of carbonyl (C=O) groups is 3. The lowest BCUT2D eigenvalue weighted by Crippen LogP contribution is -2.50. The molecule has 0 radical (unpaired) electrons. The predicted octanol–water partition coefficient (Wildman–Crippen LogP) is 3.11. The van der Waals surface area contributed by atoms with Gasteiger partial charge in [-0.05, 0) is 36.6 Å². The Hall–Kier alpha value is -3.39. The summed E-state index contributed by atoms with van der Waals surface area (Å²) in [6.45, 7) is 7.23. The van der Waals surface area contributed by atoms with Gasteiger partial charge in [0.2, 0.25) is 5.91 Å². The molecule has 184 valence electrons. The van der Waals surface area contributed by atoms with Crippen LogP contribution in [0, 0.1) is 0 Å². The van der Waals surface area contributed by atoms with Gasteiger partial charge in [-0.3, -0.25) is 19.4 Å². The van der Waals surface area contributed by atoms with Gasteiger partial charge in [-0.2, -0.15) is 0 Å². The second kappa shape index (κ2) is 10.1. The van der Waals surface area contributed by atoms with Crippen molar-refractivity contribution < 1.29 is 19.1 Å². The number of para-hydroxylation sites is 1. The Morgan fingerprint density at radius 2 is 1.57 bits per heavy atom. The van der Waals surface area contributed by atoms with E-state index >= 15 is 0 Å². The molecule has 3 aliphatic heterocycles. The average Bonchev–Trinajstić information content (AvgIpc) is 2.89. The first kappa shape index (κ1) is 23.4. The van der Waals surface area contributed by atoms with Crippen molar-refractivity contribution in [2.45, 2.75) is 39.0 Å². The highest BCUT2D eigenvalue weighted by Crippen LogP contribution is 2.32. The van der Waals surface area contributed by atoms with Crippen LogP contribution in [0.2, 0.25) is 0 Å². The van der Waals surface area contributed by atoms with E-state index < -0.39 is 0 Å². The van der Waals surface area contributed by atoms with Crippen molar-refractivity contribution >= 4 is 23.6 Å². The van der Waals surface area contributed by atoms with Gasteiger partial charge in [-0.1, -0.05) is 30.3 Å². The Balaban J connectivity index is 1.15. The van der Waals surface area contributed by atoms with Crippen molar-refractivity contribution in [2.75, 3.05) is 44.2 Å². The number of hydrogen-bond donors (Lipinski definition) is 0. The Morgan fingerprint density at radius 3 is 2.26 bits per heavy atom. The molecule has 8 heteroatoms. The number of likely N-dealkylation sites (tertiary alicyclic amines) is 1. The highest BCUT2D eigenvalue weighted by atomic mass is 16.6. The summed E-state index contributed by atoms with van der Waals surface area (Å²) in [6, 6.07) is 15.8. The molecular formula is C27H32N4O4. The summed E-state index contributed by atoms with van der Waals surface area (Å²) in [5, 5.41) is 0. The number of amides is 3. The first-order valence-electron chi connectivity index (χ1n) is 12.4. The molecule has 0 N–H and O–H groups in total. The number of carbonyl (C=O) groups excluding carboxylic acids is 3. The predicted molar refractivity (Wildman–Crippen MR) is 132 cm³/mol. The molecule has 2 aromatic carbocycles. The van der Waals surface area contributed by atoms with Crippen LogP contribution in [0.15, 0.2) is 48.5 Å². The number of anilines is 1. The highest BCUT2D eigenvalue weighted by molar-refractivity contribution is 5.94. The topological polar surface area (TPSA) is 73.4 Å². The van der Waals surface area contributed by atoms with Crippen LogP contribution in [0.5, 0.6) is 0 Å². The molecular weight excluding hydrogens is 444 g/mol. The van der Waals surface area contributed by atoms with E-state index in [0.29, 0.717) is 25.3 Å². The summed E-state index contributed by atoms with van der Waals surface area (Å²) in [7, 11) is 0. The maximum atomic E-state index is 13.1. The smallest absolute Gasteiger partial charge is 0.414 e. The summed E-state index contributed by atoms with van der Waals surface area (Å²) >= 11 is 0. The molecule has 0 aromatic heterocycles. The number of hydrogen-bond acceptors (Lipinski definition) is 5. The molecule has 8 nitrogen and oxygen atoms in total. The summed E-state index contributed by atoms with van der Waals surface area (Å²) in [5.41, 5.74) is 3.80. The van der Waals surface area contributed by atoms with E-state index in [2.05, 4.69) is 4.90 Å². The lowest BCUT2D eigenvalue weighted by Gasteiger charge is -2.40. The molecule has 0 saturated carbocycles. The van der Waals surface area contributed by atoms with Crippen LogP contribution in [0.3, 0.4) is 0 Å². The molecule has 2 saturated heterocycles. The van der Waals surface area contributed by atoms with Gasteiger partial charge in [-0.15, -0.1) is 0 Å². The van der Waals surface area contributed by atoms with Gasteiger partial charge in [0, 0.05) is 69.9 Å². The Bertz CT molecular complexity index is 1090. The summed E-state index contributed by atoms with van der Waals surface area (Å²) in [4.78, 5) is 45.0. The standard InChI is InChI=1S/C27H32N4O4/c1-20(32)29-16-14-28(15-17-29)18-21-6-8-22(9-7-21)26(33)30-12-10-24(11-13-30)31-25-5-3-2-4-23(25)19-35-27(31)34/h2-9,24H,10-19H2,1H3. The van der Waals surface area contributed by atoms with E-state index in [1.807, 2.05) is 58.3 Å². The molecule has 0 spiro atoms. The number of benzene rings is 2. The molecule has 0 unspecified atom stereocenters. The zero-order chi connectivity index (χ0) is 24.4. The van der Waals surface area contributed by atoms with Gasteiger partial charge in [0.1, 0.15) is 6.61 Å². The number of ether oxygens (including phenoxy) is 1. The molecule has 35 heavy (non-hydrogen) atoms. The average molecular weight is 477 g/mol. The highest BCUT2D eigenvalue weighted by Gasteiger charge is 2.35. The third kappa shape index (κ3) is 5.03. The summed E-state index contributed by atoms with van der Waals surface area (Å²) in [5.74, 6) is 0.170. The van der Waals surface area contributed by atoms with Crippen molar-refractivity contribution in [1.82, 2.24) is 14.7 Å². The van der Waals surface area contributed by atoms with Crippen molar-refractivity contribution in [1.29, 1.82) is 0 Å². The van der Waals surface area contributed by atoms with Crippen LogP contribution in [0.4, 0.5) is 10.5 Å². The molecule has 2 aromatic rings. The van der Waals surface area contributed by atoms with E-state index in [1.54, 1.807) is 11.8 Å². The van der Waals surface area contributed by atoms with Crippen molar-refractivity contribution in [3.8, 4) is 0 Å². The minimum absolute atomic E-state index is 0.0267. The third-order valence-electron chi connectivity index (χ3n) is 7.34. The van der Waals surface area contributed by atoms with Gasteiger partial charge in [0.15, 0.2) is 0 Å². The monoisotopic (exact) mass is 476 g/mol. The zero-order valence-corrected chi connectivity index (χ0v) is 20.2. The van der Waals surface area contributed by atoms with Crippen molar-refractivity contribution in [3.05, 3.63) is 65.2 Å². The zero-order valence-electron chi connectivity index (χ0n) is 20.2. The van der Waals surface area contributed by atoms with E-state index in [4.69, 9.17) is 4.74 Å². The fourth-order valence-electron chi connectivity index (χ4n) is 5.26. The number of piperidine rings is 1. The second-order valence-corrected chi connectivity index (χ2v) is 9.56. The van der Waals surface area contributed by atoms with E-state index in [1.165, 1.54) is 5.56 Å². The van der Waals surface area contributed by atoms with Crippen LogP contribution < -0.4 is 4.90 Å². The first-order valence-corrected chi connectivity index (χ1v) is 12.4. The van der Waals surface area contributed by atoms with E-state index in [0.717, 1.165) is 56.8 Å². The van der Waals surface area contributed by atoms with Crippen molar-refractivity contribution in [3.63, 3.8) is 0 Å². The largest absolute Gasteiger partial charge is 0.444 e. The van der Waals surface area contributed by atoms with Crippen molar-refractivity contribution in [2.24, 2.45) is 0 Å². The lowest BCUT2D eigenvalue weighted by molar-refractivity contribution is -0.130. The maximum Gasteiger partial charge on any atom is 0.414 e. The van der Waals surface area contributed by atoms with E-state index in [9.17, 15) is 14.4 Å². The van der Waals surface area contributed by atoms with Crippen LogP contribution in [0.25, 0.3) is 0 Å². The van der Waals surface area contributed by atoms with E-state index in [-0.39, 0.29) is 23.9 Å². The number of nitrogens with zero attached hydrogens (tertiary/aromatic N) is 4. The van der Waals surface area contributed by atoms with Gasteiger partial charge < -0.3 is 14.5 Å². The van der Waals surface area contributed by atoms with Gasteiger partial charge in [0.25, 0.3) is 5.91 Å². The molecule has 3 heterocycles. The van der Waals surface area contributed by atoms with Crippen LogP contribution in [0.1, 0.15) is 41.3 Å². The lowest BCUT2D eigenvalue weighted by atomic mass is 10.00. The summed E-state index contributed by atoms with van der Waals surface area (Å²) in [6.07, 6.45) is 1.14. The van der Waals surface area contributed by atoms with Crippen LogP contribution >= 0.6 is 0 Å². The van der Waals surface area contributed by atoms with Gasteiger partial charge in [0.05, 0.1) is 5.69 Å². The minimum atomic E-state index is -0.299. The summed E-state index contributed by atoms with van der Waals surface area (Å²) < 4.78 is 5.38. The molecule has 5 rings (SSSR count). The van der Waals surface area contributed by atoms with Gasteiger partial charge >= 0.3 is 6.09 Å². The maximum absolute atomic E-state index is 13.1. The number of rotatable bonds is 4. The fraction of sp³-hybridized carbons (Fsp3) is 0.444. The molecule has 3 amide bonds. The molecule has 0 atom stereocenters. The molecule has 3 aliphatic rings. The number of cyclic esters (lactones) is 1. The minimum Gasteiger partial charge on any atom is -0.444 e. The molecule has 0 aliphatic carbocycles. The second-order valence-electron chi connectivity index (χ2n) is 9.56. The molecule has 2 fully saturated rings. The normalized spacial score (nSPS) is 19.3. The Kier molecular flexibility index (Phi) is 6.72. The first-order chi connectivity index (χ1) is 17.0. The Morgan fingerprint density at radius 1 is 0.886 bits per heavy atom. The third-order valence-corrected chi connectivity index (χ3v) is 7.34.